The smallest absolute Gasteiger partial charge is 0.373 e. The maximum Gasteiger partial charge on any atom is 0.416 e. The molecule has 0 fully saturated rings. The topological polar surface area (TPSA) is 24.9 Å². The van der Waals surface area contributed by atoms with Crippen molar-refractivity contribution in [3.05, 3.63) is 47.8 Å². The van der Waals surface area contributed by atoms with Crippen LogP contribution >= 0.6 is 0 Å². The Morgan fingerprint density at radius 1 is 1.11 bits per heavy atom. The van der Waals surface area contributed by atoms with Gasteiger partial charge in [-0.15, -0.1) is 0 Å². The zero-order chi connectivity index (χ0) is 14.0. The molecule has 0 aliphatic rings. The summed E-state index contributed by atoms with van der Waals surface area (Å²) >= 11 is 0. The fourth-order valence-electron chi connectivity index (χ4n) is 1.62. The van der Waals surface area contributed by atoms with E-state index < -0.39 is 17.6 Å². The van der Waals surface area contributed by atoms with Crippen LogP contribution in [0.25, 0.3) is 11.3 Å². The summed E-state index contributed by atoms with van der Waals surface area (Å²) in [6, 6.07) is 7.09. The fourth-order valence-corrected chi connectivity index (χ4v) is 1.62. The Labute approximate surface area is 107 Å². The highest BCUT2D eigenvalue weighted by molar-refractivity contribution is 5.62. The summed E-state index contributed by atoms with van der Waals surface area (Å²) in [5.41, 5.74) is -0.465. The van der Waals surface area contributed by atoms with E-state index in [2.05, 4.69) is 10.3 Å². The number of rotatable bonds is 2. The molecule has 0 atom stereocenters. The van der Waals surface area contributed by atoms with Gasteiger partial charge in [0.1, 0.15) is 11.6 Å². The first-order chi connectivity index (χ1) is 8.90. The van der Waals surface area contributed by atoms with E-state index in [1.807, 2.05) is 0 Å². The van der Waals surface area contributed by atoms with Crippen molar-refractivity contribution in [3.63, 3.8) is 0 Å². The molecule has 100 valence electrons. The van der Waals surface area contributed by atoms with Crippen LogP contribution in [-0.2, 0) is 6.18 Å². The van der Waals surface area contributed by atoms with Crippen molar-refractivity contribution in [1.82, 2.24) is 4.98 Å². The van der Waals surface area contributed by atoms with Gasteiger partial charge in [-0.25, -0.2) is 9.37 Å². The molecule has 1 N–H and O–H groups in total. The number of pyridine rings is 1. The molecule has 1 heterocycles. The summed E-state index contributed by atoms with van der Waals surface area (Å²) in [7, 11) is 1.47. The van der Waals surface area contributed by atoms with E-state index in [0.717, 1.165) is 18.2 Å². The van der Waals surface area contributed by atoms with E-state index in [0.29, 0.717) is 5.56 Å². The van der Waals surface area contributed by atoms with Gasteiger partial charge in [-0.2, -0.15) is 13.2 Å². The van der Waals surface area contributed by atoms with E-state index in [-0.39, 0.29) is 11.5 Å². The van der Waals surface area contributed by atoms with Crippen LogP contribution in [-0.4, -0.2) is 12.0 Å². The number of halogens is 4. The minimum absolute atomic E-state index is 0.0682. The Hall–Kier alpha value is -2.11. The minimum Gasteiger partial charge on any atom is -0.373 e. The molecule has 6 heteroatoms. The summed E-state index contributed by atoms with van der Waals surface area (Å²) in [5.74, 6) is -0.447. The maximum atomic E-state index is 13.1. The van der Waals surface area contributed by atoms with Crippen LogP contribution in [0.1, 0.15) is 5.56 Å². The molecule has 0 spiro atoms. The summed E-state index contributed by atoms with van der Waals surface area (Å²) in [5, 5.41) is 2.56. The van der Waals surface area contributed by atoms with Crippen molar-refractivity contribution in [2.75, 3.05) is 12.4 Å². The summed E-state index contributed by atoms with van der Waals surface area (Å²) < 4.78 is 51.4. The summed E-state index contributed by atoms with van der Waals surface area (Å²) in [6.45, 7) is 0. The average molecular weight is 270 g/mol. The van der Waals surface area contributed by atoms with Crippen LogP contribution in [0.4, 0.5) is 23.4 Å². The molecule has 0 aliphatic heterocycles. The molecule has 1 aromatic heterocycles. The van der Waals surface area contributed by atoms with Gasteiger partial charge in [-0.1, -0.05) is 12.1 Å². The zero-order valence-corrected chi connectivity index (χ0v) is 9.92. The second-order valence-corrected chi connectivity index (χ2v) is 3.88. The zero-order valence-electron chi connectivity index (χ0n) is 9.92. The van der Waals surface area contributed by atoms with Crippen LogP contribution in [0.3, 0.4) is 0 Å². The number of anilines is 1. The number of benzene rings is 1. The molecule has 0 radical (unpaired) electrons. The predicted octanol–water partition coefficient (Wildman–Crippen LogP) is 3.95. The van der Waals surface area contributed by atoms with Crippen LogP contribution in [0.2, 0.25) is 0 Å². The average Bonchev–Trinajstić information content (AvgIpc) is 2.37. The molecule has 0 amide bonds. The van der Waals surface area contributed by atoms with Gasteiger partial charge in [-0.3, -0.25) is 0 Å². The third kappa shape index (κ3) is 3.01. The lowest BCUT2D eigenvalue weighted by molar-refractivity contribution is -0.137. The van der Waals surface area contributed by atoms with E-state index in [1.165, 1.54) is 25.2 Å². The number of aromatic nitrogens is 1. The fraction of sp³-hybridized carbons (Fsp3) is 0.154. The van der Waals surface area contributed by atoms with Crippen molar-refractivity contribution in [2.45, 2.75) is 6.18 Å². The monoisotopic (exact) mass is 270 g/mol. The molecule has 2 nitrogen and oxygen atoms in total. The Bertz CT molecular complexity index is 593. The number of nitrogens with one attached hydrogen (secondary N) is 1. The molecule has 1 aromatic carbocycles. The van der Waals surface area contributed by atoms with E-state index >= 15 is 0 Å². The third-order valence-corrected chi connectivity index (χ3v) is 2.53. The normalized spacial score (nSPS) is 11.4. The molecular weight excluding hydrogens is 260 g/mol. The molecule has 19 heavy (non-hydrogen) atoms. The van der Waals surface area contributed by atoms with Gasteiger partial charge in [0.15, 0.2) is 0 Å². The summed E-state index contributed by atoms with van der Waals surface area (Å²) in [4.78, 5) is 4.00. The minimum atomic E-state index is -4.48. The van der Waals surface area contributed by atoms with E-state index in [4.69, 9.17) is 0 Å². The lowest BCUT2D eigenvalue weighted by Gasteiger charge is -2.11. The molecule has 0 unspecified atom stereocenters. The van der Waals surface area contributed by atoms with Crippen molar-refractivity contribution in [3.8, 4) is 11.3 Å². The molecule has 0 saturated heterocycles. The van der Waals surface area contributed by atoms with Gasteiger partial charge in [0, 0.05) is 12.6 Å². The first-order valence-corrected chi connectivity index (χ1v) is 5.43. The Morgan fingerprint density at radius 2 is 1.84 bits per heavy atom. The maximum absolute atomic E-state index is 13.1. The molecule has 0 saturated carbocycles. The van der Waals surface area contributed by atoms with Crippen molar-refractivity contribution >= 4 is 5.82 Å². The molecular formula is C13H10F4N2. The van der Waals surface area contributed by atoms with Gasteiger partial charge in [0.05, 0.1) is 11.3 Å². The van der Waals surface area contributed by atoms with Gasteiger partial charge in [0.25, 0.3) is 0 Å². The summed E-state index contributed by atoms with van der Waals surface area (Å²) in [6.07, 6.45) is -4.48. The highest BCUT2D eigenvalue weighted by Gasteiger charge is 2.31. The lowest BCUT2D eigenvalue weighted by atomic mass is 10.1. The third-order valence-electron chi connectivity index (χ3n) is 2.53. The number of hydrogen-bond donors (Lipinski definition) is 1. The van der Waals surface area contributed by atoms with Crippen molar-refractivity contribution < 1.29 is 17.6 Å². The number of alkyl halides is 3. The highest BCUT2D eigenvalue weighted by Crippen LogP contribution is 2.33. The Balaban J connectivity index is 2.57. The van der Waals surface area contributed by atoms with Crippen molar-refractivity contribution in [2.24, 2.45) is 0 Å². The van der Waals surface area contributed by atoms with Gasteiger partial charge >= 0.3 is 6.18 Å². The Kier molecular flexibility index (Phi) is 3.42. The highest BCUT2D eigenvalue weighted by atomic mass is 19.4. The predicted molar refractivity (Wildman–Crippen MR) is 64.2 cm³/mol. The molecule has 0 aliphatic carbocycles. The van der Waals surface area contributed by atoms with Crippen LogP contribution < -0.4 is 5.32 Å². The van der Waals surface area contributed by atoms with Crippen LogP contribution in [0.5, 0.6) is 0 Å². The standard InChI is InChI=1S/C13H10F4N2/c1-18-12-7-9(13(15,16)17)6-11(19-12)8-3-2-4-10(14)5-8/h2-7H,1H3,(H,18,19). The van der Waals surface area contributed by atoms with Gasteiger partial charge in [-0.05, 0) is 24.3 Å². The van der Waals surface area contributed by atoms with Crippen LogP contribution in [0, 0.1) is 5.82 Å². The van der Waals surface area contributed by atoms with Gasteiger partial charge < -0.3 is 5.32 Å². The van der Waals surface area contributed by atoms with Crippen LogP contribution in [0.15, 0.2) is 36.4 Å². The quantitative estimate of drug-likeness (QED) is 0.836. The van der Waals surface area contributed by atoms with Crippen molar-refractivity contribution in [1.29, 1.82) is 0 Å². The molecule has 2 rings (SSSR count). The first-order valence-electron chi connectivity index (χ1n) is 5.43. The number of nitrogens with zero attached hydrogens (tertiary/aromatic N) is 1. The second kappa shape index (κ2) is 4.87. The van der Waals surface area contributed by atoms with E-state index in [1.54, 1.807) is 0 Å². The Morgan fingerprint density at radius 3 is 2.42 bits per heavy atom. The van der Waals surface area contributed by atoms with Gasteiger partial charge in [0.2, 0.25) is 0 Å². The molecule has 2 aromatic rings. The lowest BCUT2D eigenvalue weighted by Crippen LogP contribution is -2.07. The first kappa shape index (κ1) is 13.3. The molecule has 0 bridgehead atoms. The number of hydrogen-bond acceptors (Lipinski definition) is 2. The SMILES string of the molecule is CNc1cc(C(F)(F)F)cc(-c2cccc(F)c2)n1. The largest absolute Gasteiger partial charge is 0.416 e. The second-order valence-electron chi connectivity index (χ2n) is 3.88. The van der Waals surface area contributed by atoms with E-state index in [9.17, 15) is 17.6 Å².